The van der Waals surface area contributed by atoms with Gasteiger partial charge in [0.15, 0.2) is 0 Å². The van der Waals surface area contributed by atoms with Crippen molar-refractivity contribution in [3.05, 3.63) is 28.3 Å². The van der Waals surface area contributed by atoms with E-state index in [0.29, 0.717) is 37.1 Å². The van der Waals surface area contributed by atoms with E-state index in [1.165, 1.54) is 19.1 Å². The van der Waals surface area contributed by atoms with Gasteiger partial charge in [-0.3, -0.25) is 9.80 Å². The number of hydrogen-bond acceptors (Lipinski definition) is 10. The summed E-state index contributed by atoms with van der Waals surface area (Å²) in [6.07, 6.45) is -3.38. The Morgan fingerprint density at radius 3 is 2.65 bits per heavy atom. The Kier molecular flexibility index (Phi) is 8.18. The fraction of sp³-hybridized carbons (Fsp3) is 0.611. The highest BCUT2D eigenvalue weighted by Crippen LogP contribution is 2.50. The third kappa shape index (κ3) is 5.73. The lowest BCUT2D eigenvalue weighted by Crippen LogP contribution is -2.65. The number of fused-ring (bicyclic) bond motifs is 6. The van der Waals surface area contributed by atoms with Crippen LogP contribution in [0.2, 0.25) is 5.02 Å². The Morgan fingerprint density at radius 2 is 1.92 bits per heavy atom. The summed E-state index contributed by atoms with van der Waals surface area (Å²) in [5, 5.41) is 0.165. The number of hydrogen-bond donors (Lipinski definition) is 1. The molecule has 4 fully saturated rings. The molecule has 8 rings (SSSR count). The molecule has 0 unspecified atom stereocenters. The molecule has 0 aliphatic carbocycles. The highest BCUT2D eigenvalue weighted by atomic mass is 35.5. The Bertz CT molecular complexity index is 1960. The zero-order valence-corrected chi connectivity index (χ0v) is 30.4. The van der Waals surface area contributed by atoms with Crippen LogP contribution < -0.4 is 20.1 Å². The first kappa shape index (κ1) is 35.2. The summed E-state index contributed by atoms with van der Waals surface area (Å²) in [6, 6.07) is 1.41. The molecule has 1 amide bonds. The molecule has 5 aliphatic rings. The summed E-state index contributed by atoms with van der Waals surface area (Å²) in [6.45, 7) is 10.2. The third-order valence-electron chi connectivity index (χ3n) is 11.2. The zero-order valence-electron chi connectivity index (χ0n) is 29.7. The summed E-state index contributed by atoms with van der Waals surface area (Å²) >= 11 is 7.08. The molecule has 4 saturated heterocycles. The zero-order chi connectivity index (χ0) is 37.1. The number of amides is 1. The van der Waals surface area contributed by atoms with Crippen molar-refractivity contribution in [2.45, 2.75) is 114 Å². The standard InChI is InChI=1S/C36H42ClF4N7O4/c1-17-11-20(42)12-22(25(17)36(39,40)41)27-26(37)28-24-30(45-32(44-28)50-16-35-9-6-10-46(35)14-19(38)13-35)47-15-21-7-8-23(29(47)18(2)51-31(24)43-27)48(21)33(49)52-34(3,4)5/h11-12,18-19,21,23,29H,6-10,13-16,42H2,1-5H3/t18-,19+,21+,23-,29+,35-/m0/s1. The van der Waals surface area contributed by atoms with Crippen LogP contribution in [0.15, 0.2) is 12.1 Å². The first-order valence-electron chi connectivity index (χ1n) is 17.8. The maximum absolute atomic E-state index is 14.7. The lowest BCUT2D eigenvalue weighted by atomic mass is 9.95. The molecule has 5 aliphatic heterocycles. The third-order valence-corrected chi connectivity index (χ3v) is 11.6. The van der Waals surface area contributed by atoms with E-state index in [2.05, 4.69) is 14.8 Å². The maximum atomic E-state index is 14.7. The number of piperazine rings is 1. The molecule has 6 atom stereocenters. The first-order chi connectivity index (χ1) is 24.4. The number of pyridine rings is 1. The van der Waals surface area contributed by atoms with Crippen molar-refractivity contribution in [1.29, 1.82) is 0 Å². The van der Waals surface area contributed by atoms with E-state index in [9.17, 15) is 22.4 Å². The minimum atomic E-state index is -4.76. The fourth-order valence-electron chi connectivity index (χ4n) is 9.29. The molecule has 0 saturated carbocycles. The number of ether oxygens (including phenoxy) is 3. The van der Waals surface area contributed by atoms with E-state index in [4.69, 9.17) is 41.5 Å². The summed E-state index contributed by atoms with van der Waals surface area (Å²) in [4.78, 5) is 33.9. The van der Waals surface area contributed by atoms with Crippen molar-refractivity contribution in [1.82, 2.24) is 24.8 Å². The first-order valence-corrected chi connectivity index (χ1v) is 18.2. The second-order valence-corrected chi connectivity index (χ2v) is 16.3. The second kappa shape index (κ2) is 12.1. The predicted octanol–water partition coefficient (Wildman–Crippen LogP) is 6.95. The van der Waals surface area contributed by atoms with Crippen LogP contribution in [0.3, 0.4) is 0 Å². The molecular weight excluding hydrogens is 706 g/mol. The van der Waals surface area contributed by atoms with Crippen LogP contribution >= 0.6 is 11.6 Å². The second-order valence-electron chi connectivity index (χ2n) is 15.9. The number of halogens is 5. The SMILES string of the molecule is Cc1cc(N)cc(-c2nc3c4c(nc(OC[C@@]56CCCN5C[C@H](F)C6)nc4c2Cl)N2C[C@H]4CC[C@@H]([C@H]2[C@H](C)O3)N4C(=O)OC(C)(C)C)c1C(F)(F)F. The average molecular weight is 748 g/mol. The van der Waals surface area contributed by atoms with Crippen molar-refractivity contribution in [2.75, 3.05) is 36.9 Å². The van der Waals surface area contributed by atoms with Crippen LogP contribution in [-0.4, -0.2) is 98.6 Å². The van der Waals surface area contributed by atoms with Crippen LogP contribution in [0.5, 0.6) is 11.9 Å². The van der Waals surface area contributed by atoms with Crippen LogP contribution in [0, 0.1) is 6.92 Å². The highest BCUT2D eigenvalue weighted by Gasteiger charge is 2.54. The maximum Gasteiger partial charge on any atom is 0.417 e. The summed E-state index contributed by atoms with van der Waals surface area (Å²) in [5.41, 5.74) is 3.53. The monoisotopic (exact) mass is 747 g/mol. The number of nitrogens with zero attached hydrogens (tertiary/aromatic N) is 6. The molecule has 11 nitrogen and oxygen atoms in total. The van der Waals surface area contributed by atoms with E-state index in [0.717, 1.165) is 25.8 Å². The molecule has 52 heavy (non-hydrogen) atoms. The van der Waals surface area contributed by atoms with E-state index in [1.807, 2.05) is 27.7 Å². The van der Waals surface area contributed by atoms with Gasteiger partial charge in [0, 0.05) is 30.8 Å². The molecule has 3 aromatic rings. The summed E-state index contributed by atoms with van der Waals surface area (Å²) in [7, 11) is 0. The number of aromatic nitrogens is 3. The Hall–Kier alpha value is -3.85. The highest BCUT2D eigenvalue weighted by molar-refractivity contribution is 6.38. The number of alkyl halides is 4. The van der Waals surface area contributed by atoms with Crippen molar-refractivity contribution >= 4 is 40.1 Å². The van der Waals surface area contributed by atoms with Crippen LogP contribution in [0.4, 0.5) is 33.9 Å². The van der Waals surface area contributed by atoms with E-state index in [1.54, 1.807) is 4.90 Å². The van der Waals surface area contributed by atoms with Gasteiger partial charge in [-0.25, -0.2) is 14.2 Å². The molecular formula is C36H42ClF4N7O4. The van der Waals surface area contributed by atoms with Crippen LogP contribution in [-0.2, 0) is 10.9 Å². The summed E-state index contributed by atoms with van der Waals surface area (Å²) < 4.78 is 77.3. The number of benzene rings is 1. The smallest absolute Gasteiger partial charge is 0.417 e. The molecule has 2 N–H and O–H groups in total. The quantitative estimate of drug-likeness (QED) is 0.222. The number of anilines is 2. The van der Waals surface area contributed by atoms with Crippen molar-refractivity contribution in [3.63, 3.8) is 0 Å². The number of carbonyl (C=O) groups is 1. The van der Waals surface area contributed by atoms with Crippen molar-refractivity contribution in [3.8, 4) is 23.1 Å². The molecule has 16 heteroatoms. The van der Waals surface area contributed by atoms with Crippen LogP contribution in [0.25, 0.3) is 22.2 Å². The van der Waals surface area contributed by atoms with Gasteiger partial charge in [-0.05, 0) is 84.5 Å². The minimum Gasteiger partial charge on any atom is -0.472 e. The number of nitrogen functional groups attached to an aromatic ring is 1. The van der Waals surface area contributed by atoms with E-state index in [-0.39, 0.29) is 63.6 Å². The lowest BCUT2D eigenvalue weighted by molar-refractivity contribution is -0.137. The minimum absolute atomic E-state index is 0.00219. The van der Waals surface area contributed by atoms with Gasteiger partial charge in [0.2, 0.25) is 5.88 Å². The normalized spacial score (nSPS) is 28.5. The van der Waals surface area contributed by atoms with E-state index < -0.39 is 47.3 Å². The van der Waals surface area contributed by atoms with Gasteiger partial charge in [0.05, 0.1) is 39.9 Å². The van der Waals surface area contributed by atoms with Gasteiger partial charge in [0.1, 0.15) is 41.2 Å². The van der Waals surface area contributed by atoms with Gasteiger partial charge >= 0.3 is 18.3 Å². The molecule has 7 heterocycles. The number of aryl methyl sites for hydroxylation is 1. The molecule has 1 aromatic carbocycles. The van der Waals surface area contributed by atoms with Crippen molar-refractivity contribution < 1.29 is 36.6 Å². The molecule has 280 valence electrons. The Morgan fingerprint density at radius 1 is 1.15 bits per heavy atom. The van der Waals surface area contributed by atoms with Gasteiger partial charge < -0.3 is 24.8 Å². The van der Waals surface area contributed by atoms with Gasteiger partial charge in [-0.1, -0.05) is 11.6 Å². The van der Waals surface area contributed by atoms with Gasteiger partial charge in [0.25, 0.3) is 0 Å². The topological polar surface area (TPSA) is 119 Å². The lowest BCUT2D eigenvalue weighted by Gasteiger charge is -2.48. The fourth-order valence-corrected chi connectivity index (χ4v) is 9.57. The number of nitrogens with two attached hydrogens (primary N) is 1. The molecule has 2 bridgehead atoms. The number of rotatable bonds is 4. The molecule has 0 radical (unpaired) electrons. The molecule has 2 aromatic heterocycles. The largest absolute Gasteiger partial charge is 0.472 e. The van der Waals surface area contributed by atoms with E-state index >= 15 is 0 Å². The number of carbonyl (C=O) groups excluding carboxylic acids is 1. The Balaban J connectivity index is 1.29. The Labute approximate surface area is 303 Å². The van der Waals surface area contributed by atoms with Gasteiger partial charge in [-0.15, -0.1) is 0 Å². The predicted molar refractivity (Wildman–Crippen MR) is 187 cm³/mol. The van der Waals surface area contributed by atoms with Crippen LogP contribution in [0.1, 0.15) is 70.9 Å². The van der Waals surface area contributed by atoms with Crippen molar-refractivity contribution in [2.24, 2.45) is 0 Å². The summed E-state index contributed by atoms with van der Waals surface area (Å²) in [5.74, 6) is 0.392. The molecule has 0 spiro atoms. The average Bonchev–Trinajstić information content (AvgIpc) is 3.64. The van der Waals surface area contributed by atoms with Gasteiger partial charge in [-0.2, -0.15) is 23.1 Å².